The number of nitrogens with zero attached hydrogens (tertiary/aromatic N) is 2. The largest absolute Gasteiger partial charge is 0.451 e. The van der Waals surface area contributed by atoms with Gasteiger partial charge < -0.3 is 10.1 Å². The molecular weight excluding hydrogens is 398 g/mol. The Balaban J connectivity index is 1.52. The normalized spacial score (nSPS) is 10.6. The van der Waals surface area contributed by atoms with E-state index in [0.717, 1.165) is 16.1 Å². The molecule has 0 radical (unpaired) electrons. The molecule has 0 bridgehead atoms. The molecule has 0 atom stereocenters. The Morgan fingerprint density at radius 3 is 2.60 bits per heavy atom. The lowest BCUT2D eigenvalue weighted by molar-refractivity contribution is -0.119. The first-order chi connectivity index (χ1) is 14.6. The van der Waals surface area contributed by atoms with Gasteiger partial charge in [0.2, 0.25) is 0 Å². The molecule has 7 heteroatoms. The van der Waals surface area contributed by atoms with Crippen LogP contribution in [0.1, 0.15) is 16.1 Å². The Morgan fingerprint density at radius 1 is 1.03 bits per heavy atom. The van der Waals surface area contributed by atoms with Crippen LogP contribution in [0.25, 0.3) is 16.3 Å². The zero-order chi connectivity index (χ0) is 20.9. The summed E-state index contributed by atoms with van der Waals surface area (Å²) in [5.41, 5.74) is 3.34. The van der Waals surface area contributed by atoms with Crippen molar-refractivity contribution in [3.05, 3.63) is 89.4 Å². The van der Waals surface area contributed by atoms with E-state index in [1.165, 1.54) is 16.0 Å². The number of aryl methyl sites for hydroxylation is 1. The predicted molar refractivity (Wildman–Crippen MR) is 117 cm³/mol. The van der Waals surface area contributed by atoms with E-state index >= 15 is 0 Å². The van der Waals surface area contributed by atoms with Gasteiger partial charge in [-0.2, -0.15) is 5.10 Å². The molecule has 0 saturated heterocycles. The standard InChI is InChI=1S/C23H19N3O3S/c1-16-7-5-8-17(13-16)24-22(27)15-29-23(28)20-14-19(21-11-6-12-30-21)25-26(20)18-9-3-2-4-10-18/h2-14H,15H2,1H3,(H,24,27). The lowest BCUT2D eigenvalue weighted by atomic mass is 10.2. The summed E-state index contributed by atoms with van der Waals surface area (Å²) in [6, 6.07) is 22.3. The maximum Gasteiger partial charge on any atom is 0.357 e. The summed E-state index contributed by atoms with van der Waals surface area (Å²) in [5, 5.41) is 9.25. The molecule has 0 saturated carbocycles. The van der Waals surface area contributed by atoms with E-state index in [0.29, 0.717) is 11.4 Å². The van der Waals surface area contributed by atoms with Gasteiger partial charge in [-0.1, -0.05) is 36.4 Å². The maximum absolute atomic E-state index is 12.8. The summed E-state index contributed by atoms with van der Waals surface area (Å²) in [6.07, 6.45) is 0. The van der Waals surface area contributed by atoms with E-state index in [9.17, 15) is 9.59 Å². The van der Waals surface area contributed by atoms with Gasteiger partial charge in [0.25, 0.3) is 5.91 Å². The minimum atomic E-state index is -0.617. The molecule has 0 aliphatic carbocycles. The number of carbonyl (C=O) groups is 2. The zero-order valence-electron chi connectivity index (χ0n) is 16.2. The van der Waals surface area contributed by atoms with Gasteiger partial charge in [-0.25, -0.2) is 9.48 Å². The fraction of sp³-hybridized carbons (Fsp3) is 0.0870. The summed E-state index contributed by atoms with van der Waals surface area (Å²) in [4.78, 5) is 25.9. The molecule has 4 rings (SSSR count). The molecule has 0 aliphatic heterocycles. The molecule has 1 N–H and O–H groups in total. The number of hydrogen-bond acceptors (Lipinski definition) is 5. The van der Waals surface area contributed by atoms with Crippen molar-refractivity contribution >= 4 is 28.9 Å². The van der Waals surface area contributed by atoms with Crippen LogP contribution in [0.2, 0.25) is 0 Å². The van der Waals surface area contributed by atoms with Gasteiger partial charge in [-0.3, -0.25) is 4.79 Å². The number of thiophene rings is 1. The molecule has 4 aromatic rings. The monoisotopic (exact) mass is 417 g/mol. The molecule has 30 heavy (non-hydrogen) atoms. The Kier molecular flexibility index (Phi) is 5.72. The third-order valence-corrected chi connectivity index (χ3v) is 5.22. The number of para-hydroxylation sites is 1. The number of amides is 1. The Morgan fingerprint density at radius 2 is 1.87 bits per heavy atom. The number of ether oxygens (including phenoxy) is 1. The molecular formula is C23H19N3O3S. The molecule has 0 spiro atoms. The van der Waals surface area contributed by atoms with E-state index in [-0.39, 0.29) is 12.3 Å². The van der Waals surface area contributed by atoms with Gasteiger partial charge in [0.05, 0.1) is 10.6 Å². The zero-order valence-corrected chi connectivity index (χ0v) is 17.1. The highest BCUT2D eigenvalue weighted by Crippen LogP contribution is 2.26. The minimum Gasteiger partial charge on any atom is -0.451 e. The van der Waals surface area contributed by atoms with Gasteiger partial charge in [0.1, 0.15) is 5.69 Å². The summed E-state index contributed by atoms with van der Waals surface area (Å²) in [5.74, 6) is -1.02. The van der Waals surface area contributed by atoms with Crippen LogP contribution in [0.5, 0.6) is 0 Å². The number of esters is 1. The molecule has 0 unspecified atom stereocenters. The first kappa shape index (κ1) is 19.6. The van der Waals surface area contributed by atoms with Crippen LogP contribution >= 0.6 is 11.3 Å². The van der Waals surface area contributed by atoms with Crippen molar-refractivity contribution in [2.75, 3.05) is 11.9 Å². The van der Waals surface area contributed by atoms with Crippen molar-refractivity contribution in [2.45, 2.75) is 6.92 Å². The van der Waals surface area contributed by atoms with E-state index in [1.54, 1.807) is 12.1 Å². The van der Waals surface area contributed by atoms with Crippen molar-refractivity contribution in [1.29, 1.82) is 0 Å². The number of rotatable bonds is 6. The fourth-order valence-corrected chi connectivity index (χ4v) is 3.64. The lowest BCUT2D eigenvalue weighted by Gasteiger charge is -2.09. The predicted octanol–water partition coefficient (Wildman–Crippen LogP) is 4.70. The topological polar surface area (TPSA) is 73.2 Å². The van der Waals surface area contributed by atoms with E-state index in [1.807, 2.05) is 73.0 Å². The van der Waals surface area contributed by atoms with Crippen molar-refractivity contribution in [1.82, 2.24) is 9.78 Å². The molecule has 1 amide bonds. The Bertz CT molecular complexity index is 1170. The third kappa shape index (κ3) is 4.47. The molecule has 2 aromatic heterocycles. The quantitative estimate of drug-likeness (QED) is 0.461. The third-order valence-electron chi connectivity index (χ3n) is 4.33. The van der Waals surface area contributed by atoms with Crippen LogP contribution in [0.3, 0.4) is 0 Å². The average molecular weight is 417 g/mol. The smallest absolute Gasteiger partial charge is 0.357 e. The van der Waals surface area contributed by atoms with E-state index < -0.39 is 11.9 Å². The van der Waals surface area contributed by atoms with Crippen molar-refractivity contribution < 1.29 is 14.3 Å². The second-order valence-corrected chi connectivity index (χ2v) is 7.58. The minimum absolute atomic E-state index is 0.257. The summed E-state index contributed by atoms with van der Waals surface area (Å²) in [7, 11) is 0. The van der Waals surface area contributed by atoms with Gasteiger partial charge in [-0.15, -0.1) is 11.3 Å². The van der Waals surface area contributed by atoms with Crippen molar-refractivity contribution in [3.63, 3.8) is 0 Å². The van der Waals surface area contributed by atoms with Crippen LogP contribution in [-0.4, -0.2) is 28.3 Å². The first-order valence-corrected chi connectivity index (χ1v) is 10.2. The second-order valence-electron chi connectivity index (χ2n) is 6.63. The highest BCUT2D eigenvalue weighted by atomic mass is 32.1. The Labute approximate surface area is 177 Å². The molecule has 0 aliphatic rings. The highest BCUT2D eigenvalue weighted by Gasteiger charge is 2.20. The SMILES string of the molecule is Cc1cccc(NC(=O)COC(=O)c2cc(-c3cccs3)nn2-c2ccccc2)c1. The molecule has 0 fully saturated rings. The maximum atomic E-state index is 12.8. The van der Waals surface area contributed by atoms with Crippen molar-refractivity contribution in [3.8, 4) is 16.3 Å². The second kappa shape index (κ2) is 8.75. The van der Waals surface area contributed by atoms with Crippen LogP contribution in [-0.2, 0) is 9.53 Å². The van der Waals surface area contributed by atoms with E-state index in [4.69, 9.17) is 4.74 Å². The summed E-state index contributed by atoms with van der Waals surface area (Å²) >= 11 is 1.53. The van der Waals surface area contributed by atoms with Crippen LogP contribution < -0.4 is 5.32 Å². The van der Waals surface area contributed by atoms with Gasteiger partial charge in [0, 0.05) is 11.8 Å². The first-order valence-electron chi connectivity index (χ1n) is 9.33. The number of carbonyl (C=O) groups excluding carboxylic acids is 2. The van der Waals surface area contributed by atoms with Crippen molar-refractivity contribution in [2.24, 2.45) is 0 Å². The number of benzene rings is 2. The molecule has 6 nitrogen and oxygen atoms in total. The average Bonchev–Trinajstić information content (AvgIpc) is 3.42. The van der Waals surface area contributed by atoms with Crippen LogP contribution in [0.15, 0.2) is 78.2 Å². The summed E-state index contributed by atoms with van der Waals surface area (Å²) < 4.78 is 6.81. The van der Waals surface area contributed by atoms with Crippen LogP contribution in [0.4, 0.5) is 5.69 Å². The molecule has 2 aromatic carbocycles. The van der Waals surface area contributed by atoms with E-state index in [2.05, 4.69) is 10.4 Å². The van der Waals surface area contributed by atoms with Gasteiger partial charge in [-0.05, 0) is 48.2 Å². The molecule has 150 valence electrons. The number of anilines is 1. The summed E-state index contributed by atoms with van der Waals surface area (Å²) in [6.45, 7) is 1.55. The Hall–Kier alpha value is -3.71. The highest BCUT2D eigenvalue weighted by molar-refractivity contribution is 7.13. The van der Waals surface area contributed by atoms with Gasteiger partial charge >= 0.3 is 5.97 Å². The van der Waals surface area contributed by atoms with Crippen LogP contribution in [0, 0.1) is 6.92 Å². The lowest BCUT2D eigenvalue weighted by Crippen LogP contribution is -2.22. The number of hydrogen-bond donors (Lipinski definition) is 1. The molecule has 2 heterocycles. The fourth-order valence-electron chi connectivity index (χ4n) is 2.96. The number of aromatic nitrogens is 2. The number of nitrogens with one attached hydrogen (secondary N) is 1. The van der Waals surface area contributed by atoms with Gasteiger partial charge in [0.15, 0.2) is 12.3 Å².